The molecule has 0 spiro atoms. The molecule has 7 heteroatoms. The zero-order chi connectivity index (χ0) is 14.9. The molecule has 0 unspecified atom stereocenters. The number of nitrogens with one attached hydrogen (secondary N) is 1. The Morgan fingerprint density at radius 3 is 2.80 bits per heavy atom. The van der Waals surface area contributed by atoms with E-state index in [4.69, 9.17) is 27.5 Å². The van der Waals surface area contributed by atoms with Gasteiger partial charge in [0, 0.05) is 7.05 Å². The van der Waals surface area contributed by atoms with Crippen LogP contribution in [0.3, 0.4) is 0 Å². The zero-order valence-corrected chi connectivity index (χ0v) is 13.4. The lowest BCUT2D eigenvalue weighted by atomic mass is 10.2. The molecule has 0 saturated carbocycles. The highest BCUT2D eigenvalue weighted by molar-refractivity contribution is 9.10. The van der Waals surface area contributed by atoms with E-state index in [0.717, 1.165) is 15.9 Å². The molecule has 1 heterocycles. The van der Waals surface area contributed by atoms with E-state index in [9.17, 15) is 0 Å². The fourth-order valence-electron chi connectivity index (χ4n) is 1.87. The quantitative estimate of drug-likeness (QED) is 0.652. The SMILES string of the molecule is Cc1nn(C)c(COc2cccc(Cl)c2C(=N)N)c1Br. The van der Waals surface area contributed by atoms with E-state index in [1.165, 1.54) is 0 Å². The summed E-state index contributed by atoms with van der Waals surface area (Å²) in [4.78, 5) is 0. The zero-order valence-electron chi connectivity index (χ0n) is 11.1. The first-order chi connectivity index (χ1) is 9.41. The standard InChI is InChI=1S/C13H14BrClN4O/c1-7-12(14)9(19(2)18-7)6-20-10-5-3-4-8(15)11(10)13(16)17/h3-5H,6H2,1-2H3,(H3,16,17). The molecule has 0 fully saturated rings. The summed E-state index contributed by atoms with van der Waals surface area (Å²) in [7, 11) is 1.85. The summed E-state index contributed by atoms with van der Waals surface area (Å²) >= 11 is 9.53. The number of aromatic nitrogens is 2. The lowest BCUT2D eigenvalue weighted by molar-refractivity contribution is 0.293. The number of nitrogen functional groups attached to an aromatic ring is 1. The van der Waals surface area contributed by atoms with Crippen molar-refractivity contribution >= 4 is 33.4 Å². The topological polar surface area (TPSA) is 76.9 Å². The Bertz CT molecular complexity index is 669. The van der Waals surface area contributed by atoms with Crippen molar-refractivity contribution in [1.82, 2.24) is 9.78 Å². The summed E-state index contributed by atoms with van der Waals surface area (Å²) < 4.78 is 8.40. The van der Waals surface area contributed by atoms with Gasteiger partial charge in [-0.05, 0) is 35.0 Å². The van der Waals surface area contributed by atoms with Crippen LogP contribution in [0.2, 0.25) is 5.02 Å². The van der Waals surface area contributed by atoms with E-state index in [1.807, 2.05) is 14.0 Å². The molecule has 0 bridgehead atoms. The van der Waals surface area contributed by atoms with Crippen molar-refractivity contribution in [2.24, 2.45) is 12.8 Å². The molecule has 5 nitrogen and oxygen atoms in total. The molecular formula is C13H14BrClN4O. The summed E-state index contributed by atoms with van der Waals surface area (Å²) in [6, 6.07) is 5.17. The largest absolute Gasteiger partial charge is 0.486 e. The van der Waals surface area contributed by atoms with Crippen LogP contribution in [0.1, 0.15) is 17.0 Å². The Balaban J connectivity index is 2.28. The Hall–Kier alpha value is -1.53. The normalized spacial score (nSPS) is 10.6. The van der Waals surface area contributed by atoms with E-state index in [-0.39, 0.29) is 5.84 Å². The van der Waals surface area contributed by atoms with Crippen LogP contribution in [0.5, 0.6) is 5.75 Å². The first kappa shape index (κ1) is 14.9. The second kappa shape index (κ2) is 5.85. The van der Waals surface area contributed by atoms with Crippen LogP contribution in [0, 0.1) is 12.3 Å². The predicted octanol–water partition coefficient (Wildman–Crippen LogP) is 3.01. The van der Waals surface area contributed by atoms with Crippen LogP contribution >= 0.6 is 27.5 Å². The molecule has 0 saturated heterocycles. The molecule has 106 valence electrons. The van der Waals surface area contributed by atoms with Crippen molar-refractivity contribution in [3.63, 3.8) is 0 Å². The second-order valence-corrected chi connectivity index (χ2v) is 5.49. The van der Waals surface area contributed by atoms with Gasteiger partial charge in [-0.2, -0.15) is 5.10 Å². The number of benzene rings is 1. The molecule has 1 aromatic heterocycles. The maximum Gasteiger partial charge on any atom is 0.132 e. The minimum Gasteiger partial charge on any atom is -0.486 e. The highest BCUT2D eigenvalue weighted by Gasteiger charge is 2.14. The maximum atomic E-state index is 7.58. The van der Waals surface area contributed by atoms with E-state index < -0.39 is 0 Å². The van der Waals surface area contributed by atoms with Gasteiger partial charge in [0.1, 0.15) is 18.2 Å². The molecule has 0 radical (unpaired) electrons. The van der Waals surface area contributed by atoms with Gasteiger partial charge in [0.25, 0.3) is 0 Å². The Kier molecular flexibility index (Phi) is 4.35. The second-order valence-electron chi connectivity index (χ2n) is 4.29. The summed E-state index contributed by atoms with van der Waals surface area (Å²) in [5.41, 5.74) is 7.74. The molecule has 0 aliphatic carbocycles. The van der Waals surface area contributed by atoms with Crippen molar-refractivity contribution in [1.29, 1.82) is 5.41 Å². The summed E-state index contributed by atoms with van der Waals surface area (Å²) in [6.07, 6.45) is 0. The number of rotatable bonds is 4. The van der Waals surface area contributed by atoms with Crippen LogP contribution in [-0.4, -0.2) is 15.6 Å². The monoisotopic (exact) mass is 356 g/mol. The fraction of sp³-hybridized carbons (Fsp3) is 0.231. The Morgan fingerprint density at radius 1 is 1.55 bits per heavy atom. The fourth-order valence-corrected chi connectivity index (χ4v) is 2.59. The molecule has 2 rings (SSSR count). The van der Waals surface area contributed by atoms with Gasteiger partial charge in [-0.1, -0.05) is 17.7 Å². The van der Waals surface area contributed by atoms with Crippen molar-refractivity contribution in [3.8, 4) is 5.75 Å². The number of ether oxygens (including phenoxy) is 1. The number of hydrogen-bond donors (Lipinski definition) is 2. The first-order valence-corrected chi connectivity index (χ1v) is 7.02. The third kappa shape index (κ3) is 2.81. The number of amidine groups is 1. The van der Waals surface area contributed by atoms with Crippen molar-refractivity contribution < 1.29 is 4.74 Å². The minimum absolute atomic E-state index is 0.120. The molecule has 20 heavy (non-hydrogen) atoms. The molecule has 0 aliphatic rings. The molecule has 3 N–H and O–H groups in total. The Morgan fingerprint density at radius 2 is 2.25 bits per heavy atom. The van der Waals surface area contributed by atoms with Crippen molar-refractivity contribution in [2.45, 2.75) is 13.5 Å². The number of aryl methyl sites for hydroxylation is 2. The lowest BCUT2D eigenvalue weighted by Crippen LogP contribution is -2.14. The highest BCUT2D eigenvalue weighted by atomic mass is 79.9. The van der Waals surface area contributed by atoms with Gasteiger partial charge in [-0.15, -0.1) is 0 Å². The van der Waals surface area contributed by atoms with Crippen LogP contribution in [-0.2, 0) is 13.7 Å². The Labute approximate surface area is 130 Å². The van der Waals surface area contributed by atoms with Crippen LogP contribution in [0.15, 0.2) is 22.7 Å². The van der Waals surface area contributed by atoms with Crippen molar-refractivity contribution in [3.05, 3.63) is 44.6 Å². The van der Waals surface area contributed by atoms with Gasteiger partial charge >= 0.3 is 0 Å². The van der Waals surface area contributed by atoms with Gasteiger partial charge in [0.05, 0.1) is 26.4 Å². The molecule has 0 amide bonds. The minimum atomic E-state index is -0.120. The number of nitrogens with two attached hydrogens (primary N) is 1. The van der Waals surface area contributed by atoms with E-state index in [1.54, 1.807) is 22.9 Å². The van der Waals surface area contributed by atoms with Gasteiger partial charge in [-0.25, -0.2) is 0 Å². The third-order valence-corrected chi connectivity index (χ3v) is 4.22. The van der Waals surface area contributed by atoms with Gasteiger partial charge in [-0.3, -0.25) is 10.1 Å². The number of nitrogens with zero attached hydrogens (tertiary/aromatic N) is 2. The summed E-state index contributed by atoms with van der Waals surface area (Å²) in [6.45, 7) is 2.21. The molecule has 1 aromatic carbocycles. The highest BCUT2D eigenvalue weighted by Crippen LogP contribution is 2.28. The smallest absolute Gasteiger partial charge is 0.132 e. The van der Waals surface area contributed by atoms with Gasteiger partial charge in [0.2, 0.25) is 0 Å². The number of hydrogen-bond acceptors (Lipinski definition) is 3. The molecular weight excluding hydrogens is 344 g/mol. The van der Waals surface area contributed by atoms with Gasteiger partial charge in [0.15, 0.2) is 0 Å². The van der Waals surface area contributed by atoms with E-state index >= 15 is 0 Å². The molecule has 0 aliphatic heterocycles. The third-order valence-electron chi connectivity index (χ3n) is 2.87. The lowest BCUT2D eigenvalue weighted by Gasteiger charge is -2.12. The number of halogens is 2. The van der Waals surface area contributed by atoms with Crippen LogP contribution in [0.25, 0.3) is 0 Å². The molecule has 0 atom stereocenters. The van der Waals surface area contributed by atoms with Crippen molar-refractivity contribution in [2.75, 3.05) is 0 Å². The van der Waals surface area contributed by atoms with Gasteiger partial charge < -0.3 is 10.5 Å². The van der Waals surface area contributed by atoms with E-state index in [0.29, 0.717) is 22.9 Å². The maximum absolute atomic E-state index is 7.58. The van der Waals surface area contributed by atoms with Crippen LogP contribution in [0.4, 0.5) is 0 Å². The van der Waals surface area contributed by atoms with Crippen LogP contribution < -0.4 is 10.5 Å². The average molecular weight is 358 g/mol. The predicted molar refractivity (Wildman–Crippen MR) is 82.4 cm³/mol. The summed E-state index contributed by atoms with van der Waals surface area (Å²) in [5.74, 6) is 0.363. The molecule has 2 aromatic rings. The summed E-state index contributed by atoms with van der Waals surface area (Å²) in [5, 5.41) is 12.3. The average Bonchev–Trinajstić information content (AvgIpc) is 2.61. The first-order valence-electron chi connectivity index (χ1n) is 5.85. The van der Waals surface area contributed by atoms with E-state index in [2.05, 4.69) is 21.0 Å².